The van der Waals surface area contributed by atoms with E-state index in [4.69, 9.17) is 0 Å². The number of pyridine rings is 1. The normalized spacial score (nSPS) is 12.2. The number of aromatic nitrogens is 1. The van der Waals surface area contributed by atoms with Crippen molar-refractivity contribution in [3.05, 3.63) is 65.0 Å². The van der Waals surface area contributed by atoms with Crippen LogP contribution in [0.1, 0.15) is 33.1 Å². The zero-order chi connectivity index (χ0) is 16.1. The number of likely N-dealkylation sites (N-methyl/N-ethyl adjacent to an activating group) is 1. The van der Waals surface area contributed by atoms with Crippen LogP contribution in [0.3, 0.4) is 0 Å². The van der Waals surface area contributed by atoms with Gasteiger partial charge in [-0.25, -0.2) is 0 Å². The molecule has 116 valence electrons. The highest BCUT2D eigenvalue weighted by molar-refractivity contribution is 5.95. The van der Waals surface area contributed by atoms with Crippen molar-refractivity contribution in [3.63, 3.8) is 0 Å². The van der Waals surface area contributed by atoms with Gasteiger partial charge in [0.2, 0.25) is 0 Å². The first-order valence-electron chi connectivity index (χ1n) is 7.41. The summed E-state index contributed by atoms with van der Waals surface area (Å²) in [5.74, 6) is -0.0340. The van der Waals surface area contributed by atoms with Gasteiger partial charge in [0.05, 0.1) is 6.04 Å². The standard InChI is InChI=1S/C18H23N3O/c1-13-7-8-16(14(2)10-13)18(22)20-12-17(21(3)4)15-6-5-9-19-11-15/h5-11,17H,12H2,1-4H3,(H,20,22). The predicted molar refractivity (Wildman–Crippen MR) is 88.9 cm³/mol. The van der Waals surface area contributed by atoms with Crippen molar-refractivity contribution >= 4 is 5.91 Å². The van der Waals surface area contributed by atoms with Crippen LogP contribution in [-0.4, -0.2) is 36.4 Å². The zero-order valence-electron chi connectivity index (χ0n) is 13.6. The van der Waals surface area contributed by atoms with Crippen LogP contribution in [0, 0.1) is 13.8 Å². The second-order valence-corrected chi connectivity index (χ2v) is 5.79. The van der Waals surface area contributed by atoms with E-state index in [9.17, 15) is 4.79 Å². The van der Waals surface area contributed by atoms with Crippen molar-refractivity contribution in [3.8, 4) is 0 Å². The highest BCUT2D eigenvalue weighted by atomic mass is 16.1. The fraction of sp³-hybridized carbons (Fsp3) is 0.333. The monoisotopic (exact) mass is 297 g/mol. The summed E-state index contributed by atoms with van der Waals surface area (Å²) in [6.45, 7) is 4.54. The van der Waals surface area contributed by atoms with Gasteiger partial charge in [-0.3, -0.25) is 9.78 Å². The lowest BCUT2D eigenvalue weighted by Crippen LogP contribution is -2.34. The molecule has 4 nitrogen and oxygen atoms in total. The van der Waals surface area contributed by atoms with Crippen molar-refractivity contribution in [1.82, 2.24) is 15.2 Å². The third-order valence-electron chi connectivity index (χ3n) is 3.78. The van der Waals surface area contributed by atoms with Gasteiger partial charge in [-0.15, -0.1) is 0 Å². The maximum atomic E-state index is 12.4. The number of hydrogen-bond donors (Lipinski definition) is 1. The maximum Gasteiger partial charge on any atom is 0.251 e. The first-order chi connectivity index (χ1) is 10.5. The summed E-state index contributed by atoms with van der Waals surface area (Å²) in [6.07, 6.45) is 3.60. The van der Waals surface area contributed by atoms with Gasteiger partial charge in [-0.05, 0) is 51.2 Å². The number of nitrogens with zero attached hydrogens (tertiary/aromatic N) is 2. The molecule has 1 N–H and O–H groups in total. The molecule has 1 aromatic heterocycles. The Kier molecular flexibility index (Phi) is 5.28. The van der Waals surface area contributed by atoms with Crippen LogP contribution in [0.5, 0.6) is 0 Å². The highest BCUT2D eigenvalue weighted by Gasteiger charge is 2.16. The molecule has 0 saturated heterocycles. The second kappa shape index (κ2) is 7.18. The molecule has 2 aromatic rings. The molecule has 1 aromatic carbocycles. The van der Waals surface area contributed by atoms with Crippen LogP contribution >= 0.6 is 0 Å². The third kappa shape index (κ3) is 3.92. The van der Waals surface area contributed by atoms with Crippen LogP contribution in [0.4, 0.5) is 0 Å². The minimum Gasteiger partial charge on any atom is -0.350 e. The van der Waals surface area contributed by atoms with Crippen molar-refractivity contribution in [2.45, 2.75) is 19.9 Å². The molecule has 1 atom stereocenters. The molecule has 1 amide bonds. The van der Waals surface area contributed by atoms with Crippen molar-refractivity contribution in [2.24, 2.45) is 0 Å². The molecular weight excluding hydrogens is 274 g/mol. The van der Waals surface area contributed by atoms with Crippen molar-refractivity contribution in [2.75, 3.05) is 20.6 Å². The molecule has 1 heterocycles. The van der Waals surface area contributed by atoms with Gasteiger partial charge in [-0.2, -0.15) is 0 Å². The first-order valence-corrected chi connectivity index (χ1v) is 7.41. The molecule has 0 aliphatic carbocycles. The Bertz CT molecular complexity index is 638. The minimum absolute atomic E-state index is 0.0340. The summed E-state index contributed by atoms with van der Waals surface area (Å²) in [5, 5.41) is 3.03. The quantitative estimate of drug-likeness (QED) is 0.923. The number of hydrogen-bond acceptors (Lipinski definition) is 3. The fourth-order valence-corrected chi connectivity index (χ4v) is 2.52. The van der Waals surface area contributed by atoms with Gasteiger partial charge in [0.15, 0.2) is 0 Å². The van der Waals surface area contributed by atoms with Crippen LogP contribution < -0.4 is 5.32 Å². The Labute approximate surface area is 132 Å². The second-order valence-electron chi connectivity index (χ2n) is 5.79. The minimum atomic E-state index is -0.0340. The van der Waals surface area contributed by atoms with Gasteiger partial charge in [0.1, 0.15) is 0 Å². The number of amides is 1. The number of carbonyl (C=O) groups excluding carboxylic acids is 1. The average Bonchev–Trinajstić information content (AvgIpc) is 2.48. The zero-order valence-corrected chi connectivity index (χ0v) is 13.6. The van der Waals surface area contributed by atoms with Gasteiger partial charge in [-0.1, -0.05) is 23.8 Å². The summed E-state index contributed by atoms with van der Waals surface area (Å²) in [6, 6.07) is 9.92. The molecule has 0 aliphatic heterocycles. The number of aryl methyl sites for hydroxylation is 2. The lowest BCUT2D eigenvalue weighted by molar-refractivity contribution is 0.0941. The molecule has 0 spiro atoms. The first kappa shape index (κ1) is 16.2. The van der Waals surface area contributed by atoms with Crippen LogP contribution in [0.2, 0.25) is 0 Å². The Morgan fingerprint density at radius 1 is 1.27 bits per heavy atom. The van der Waals surface area contributed by atoms with Crippen LogP contribution in [0.15, 0.2) is 42.7 Å². The molecule has 0 saturated carbocycles. The maximum absolute atomic E-state index is 12.4. The number of nitrogens with one attached hydrogen (secondary N) is 1. The van der Waals surface area contributed by atoms with E-state index in [0.717, 1.165) is 22.3 Å². The Hall–Kier alpha value is -2.20. The van der Waals surface area contributed by atoms with Gasteiger partial charge < -0.3 is 10.2 Å². The van der Waals surface area contributed by atoms with Crippen LogP contribution in [0.25, 0.3) is 0 Å². The number of rotatable bonds is 5. The SMILES string of the molecule is Cc1ccc(C(=O)NCC(c2cccnc2)N(C)C)c(C)c1. The molecule has 0 radical (unpaired) electrons. The van der Waals surface area contributed by atoms with E-state index in [1.54, 1.807) is 6.20 Å². The molecule has 0 bridgehead atoms. The number of carbonyl (C=O) groups is 1. The van der Waals surface area contributed by atoms with Crippen molar-refractivity contribution in [1.29, 1.82) is 0 Å². The van der Waals surface area contributed by atoms with E-state index in [-0.39, 0.29) is 11.9 Å². The smallest absolute Gasteiger partial charge is 0.251 e. The average molecular weight is 297 g/mol. The van der Waals surface area contributed by atoms with Gasteiger partial charge in [0, 0.05) is 24.5 Å². The van der Waals surface area contributed by atoms with E-state index >= 15 is 0 Å². The van der Waals surface area contributed by atoms with E-state index in [2.05, 4.69) is 15.2 Å². The third-order valence-corrected chi connectivity index (χ3v) is 3.78. The summed E-state index contributed by atoms with van der Waals surface area (Å²) >= 11 is 0. The van der Waals surface area contributed by atoms with Gasteiger partial charge >= 0.3 is 0 Å². The molecular formula is C18H23N3O. The summed E-state index contributed by atoms with van der Waals surface area (Å²) < 4.78 is 0. The lowest BCUT2D eigenvalue weighted by atomic mass is 10.0. The summed E-state index contributed by atoms with van der Waals surface area (Å²) in [7, 11) is 4.00. The topological polar surface area (TPSA) is 45.2 Å². The predicted octanol–water partition coefficient (Wildman–Crippen LogP) is 2.73. The van der Waals surface area contributed by atoms with E-state index < -0.39 is 0 Å². The number of benzene rings is 1. The summed E-state index contributed by atoms with van der Waals surface area (Å²) in [4.78, 5) is 18.6. The molecule has 22 heavy (non-hydrogen) atoms. The van der Waals surface area contributed by atoms with E-state index in [0.29, 0.717) is 6.54 Å². The molecule has 0 aliphatic rings. The van der Waals surface area contributed by atoms with Crippen LogP contribution in [-0.2, 0) is 0 Å². The van der Waals surface area contributed by atoms with E-state index in [1.165, 1.54) is 0 Å². The Balaban J connectivity index is 2.08. The van der Waals surface area contributed by atoms with Gasteiger partial charge in [0.25, 0.3) is 5.91 Å². The fourth-order valence-electron chi connectivity index (χ4n) is 2.52. The lowest BCUT2D eigenvalue weighted by Gasteiger charge is -2.25. The largest absolute Gasteiger partial charge is 0.350 e. The van der Waals surface area contributed by atoms with Crippen molar-refractivity contribution < 1.29 is 4.79 Å². The van der Waals surface area contributed by atoms with E-state index in [1.807, 2.05) is 64.5 Å². The summed E-state index contributed by atoms with van der Waals surface area (Å²) in [5.41, 5.74) is 3.98. The molecule has 2 rings (SSSR count). The molecule has 1 unspecified atom stereocenters. The highest BCUT2D eigenvalue weighted by Crippen LogP contribution is 2.16. The molecule has 4 heteroatoms. The molecule has 0 fully saturated rings. The Morgan fingerprint density at radius 3 is 2.64 bits per heavy atom. The Morgan fingerprint density at radius 2 is 2.05 bits per heavy atom.